The molecule has 0 atom stereocenters. The monoisotopic (exact) mass is 286 g/mol. The van der Waals surface area contributed by atoms with Crippen LogP contribution in [0.2, 0.25) is 0 Å². The summed E-state index contributed by atoms with van der Waals surface area (Å²) in [6, 6.07) is 0. The van der Waals surface area contributed by atoms with Crippen LogP contribution in [0.1, 0.15) is 39.0 Å². The molecule has 2 rings (SSSR count). The van der Waals surface area contributed by atoms with Gasteiger partial charge >= 0.3 is 0 Å². The van der Waals surface area contributed by atoms with Gasteiger partial charge in [0, 0.05) is 19.3 Å². The number of nitrogens with two attached hydrogens (primary N) is 1. The van der Waals surface area contributed by atoms with Crippen molar-refractivity contribution in [3.63, 3.8) is 0 Å². The van der Waals surface area contributed by atoms with Crippen LogP contribution in [0.5, 0.6) is 0 Å². The largest absolute Gasteiger partial charge is 0.381 e. The Labute approximate surface area is 114 Å². The average molecular weight is 286 g/mol. The van der Waals surface area contributed by atoms with E-state index in [1.165, 1.54) is 19.0 Å². The summed E-state index contributed by atoms with van der Waals surface area (Å²) in [6.45, 7) is 3.14. The molecule has 0 spiro atoms. The van der Waals surface area contributed by atoms with Crippen LogP contribution in [0.4, 0.5) is 5.82 Å². The number of aryl methyl sites for hydroxylation is 1. The molecule has 0 unspecified atom stereocenters. The van der Waals surface area contributed by atoms with Crippen molar-refractivity contribution in [3.8, 4) is 0 Å². The van der Waals surface area contributed by atoms with Gasteiger partial charge in [-0.1, -0.05) is 19.8 Å². The number of hydrogen-bond acceptors (Lipinski definition) is 4. The van der Waals surface area contributed by atoms with E-state index in [4.69, 9.17) is 5.73 Å². The number of nitrogens with zero attached hydrogens (tertiary/aromatic N) is 2. The molecule has 6 nitrogen and oxygen atoms in total. The van der Waals surface area contributed by atoms with E-state index in [0.29, 0.717) is 13.1 Å². The van der Waals surface area contributed by atoms with Crippen molar-refractivity contribution in [2.24, 2.45) is 5.92 Å². The zero-order valence-electron chi connectivity index (χ0n) is 11.3. The van der Waals surface area contributed by atoms with Crippen molar-refractivity contribution in [1.82, 2.24) is 14.5 Å². The van der Waals surface area contributed by atoms with E-state index in [1.807, 2.05) is 6.92 Å². The van der Waals surface area contributed by atoms with Crippen LogP contribution in [0.15, 0.2) is 11.1 Å². The minimum Gasteiger partial charge on any atom is -0.381 e. The summed E-state index contributed by atoms with van der Waals surface area (Å²) in [7, 11) is -3.52. The van der Waals surface area contributed by atoms with Crippen LogP contribution in [0, 0.1) is 5.92 Å². The van der Waals surface area contributed by atoms with Gasteiger partial charge < -0.3 is 5.73 Å². The topological polar surface area (TPSA) is 90.0 Å². The molecule has 1 aliphatic rings. The standard InChI is InChI=1S/C12H22N4O2S/c1-2-8-16-9-11(12(13)15-16)19(17,18)14-7-3-4-10-5-6-10/h9-10,14H,2-8H2,1H3,(H2,13,15). The number of hydrogen-bond donors (Lipinski definition) is 2. The van der Waals surface area contributed by atoms with Crippen LogP contribution in [-0.2, 0) is 16.6 Å². The van der Waals surface area contributed by atoms with Crippen LogP contribution in [-0.4, -0.2) is 24.7 Å². The zero-order chi connectivity index (χ0) is 13.9. The lowest BCUT2D eigenvalue weighted by atomic mass is 10.2. The summed E-state index contributed by atoms with van der Waals surface area (Å²) in [6.07, 6.45) is 6.96. The Morgan fingerprint density at radius 1 is 1.53 bits per heavy atom. The predicted molar refractivity (Wildman–Crippen MR) is 74.1 cm³/mol. The first kappa shape index (κ1) is 14.3. The summed E-state index contributed by atoms with van der Waals surface area (Å²) in [4.78, 5) is 0.0902. The maximum atomic E-state index is 12.1. The first-order valence-electron chi connectivity index (χ1n) is 6.85. The van der Waals surface area contributed by atoms with Gasteiger partial charge in [0.15, 0.2) is 5.82 Å². The van der Waals surface area contributed by atoms with Gasteiger partial charge in [-0.25, -0.2) is 13.1 Å². The van der Waals surface area contributed by atoms with Gasteiger partial charge in [0.1, 0.15) is 4.90 Å². The van der Waals surface area contributed by atoms with Crippen LogP contribution in [0.3, 0.4) is 0 Å². The number of nitrogens with one attached hydrogen (secondary N) is 1. The number of nitrogen functional groups attached to an aromatic ring is 1. The SMILES string of the molecule is CCCn1cc(S(=O)(=O)NCCCC2CC2)c(N)n1. The molecular weight excluding hydrogens is 264 g/mol. The Morgan fingerprint density at radius 3 is 2.89 bits per heavy atom. The molecule has 0 amide bonds. The molecule has 1 heterocycles. The lowest BCUT2D eigenvalue weighted by molar-refractivity contribution is 0.571. The fourth-order valence-electron chi connectivity index (χ4n) is 2.05. The lowest BCUT2D eigenvalue weighted by Crippen LogP contribution is -2.25. The highest BCUT2D eigenvalue weighted by atomic mass is 32.2. The number of rotatable bonds is 8. The summed E-state index contributed by atoms with van der Waals surface area (Å²) >= 11 is 0. The molecule has 0 radical (unpaired) electrons. The summed E-state index contributed by atoms with van der Waals surface area (Å²) in [5.74, 6) is 0.894. The third kappa shape index (κ3) is 3.94. The molecule has 1 aromatic heterocycles. The Kier molecular flexibility index (Phi) is 4.46. The molecule has 1 saturated carbocycles. The van der Waals surface area contributed by atoms with E-state index >= 15 is 0 Å². The van der Waals surface area contributed by atoms with Crippen molar-refractivity contribution < 1.29 is 8.42 Å². The van der Waals surface area contributed by atoms with Crippen LogP contribution in [0.25, 0.3) is 0 Å². The maximum absolute atomic E-state index is 12.1. The molecule has 108 valence electrons. The number of aromatic nitrogens is 2. The van der Waals surface area contributed by atoms with E-state index in [0.717, 1.165) is 25.2 Å². The molecule has 1 aromatic rings. The quantitative estimate of drug-likeness (QED) is 0.706. The second-order valence-corrected chi connectivity index (χ2v) is 6.86. The van der Waals surface area contributed by atoms with Crippen LogP contribution < -0.4 is 10.5 Å². The van der Waals surface area contributed by atoms with Crippen molar-refractivity contribution in [2.75, 3.05) is 12.3 Å². The zero-order valence-corrected chi connectivity index (χ0v) is 12.1. The summed E-state index contributed by atoms with van der Waals surface area (Å²) in [5.41, 5.74) is 5.67. The maximum Gasteiger partial charge on any atom is 0.245 e. The van der Waals surface area contributed by atoms with E-state index < -0.39 is 10.0 Å². The van der Waals surface area contributed by atoms with E-state index in [9.17, 15) is 8.42 Å². The summed E-state index contributed by atoms with van der Waals surface area (Å²) in [5, 5.41) is 4.01. The normalized spacial score (nSPS) is 15.8. The molecule has 0 bridgehead atoms. The van der Waals surface area contributed by atoms with Crippen molar-refractivity contribution >= 4 is 15.8 Å². The number of anilines is 1. The molecule has 1 aliphatic carbocycles. The minimum atomic E-state index is -3.52. The molecular formula is C12H22N4O2S. The highest BCUT2D eigenvalue weighted by Crippen LogP contribution is 2.33. The van der Waals surface area contributed by atoms with Crippen molar-refractivity contribution in [1.29, 1.82) is 0 Å². The third-order valence-electron chi connectivity index (χ3n) is 3.28. The fraction of sp³-hybridized carbons (Fsp3) is 0.750. The average Bonchev–Trinajstić information content (AvgIpc) is 3.09. The van der Waals surface area contributed by atoms with E-state index in [2.05, 4.69) is 9.82 Å². The molecule has 7 heteroatoms. The highest BCUT2D eigenvalue weighted by molar-refractivity contribution is 7.89. The van der Waals surface area contributed by atoms with Crippen molar-refractivity contribution in [2.45, 2.75) is 50.5 Å². The Morgan fingerprint density at radius 2 is 2.26 bits per heavy atom. The molecule has 19 heavy (non-hydrogen) atoms. The van der Waals surface area contributed by atoms with E-state index in [1.54, 1.807) is 4.68 Å². The first-order chi connectivity index (χ1) is 9.03. The Hall–Kier alpha value is -1.08. The van der Waals surface area contributed by atoms with Gasteiger partial charge in [0.2, 0.25) is 10.0 Å². The van der Waals surface area contributed by atoms with Crippen molar-refractivity contribution in [3.05, 3.63) is 6.20 Å². The van der Waals surface area contributed by atoms with Gasteiger partial charge in [-0.05, 0) is 25.2 Å². The van der Waals surface area contributed by atoms with Gasteiger partial charge in [0.25, 0.3) is 0 Å². The van der Waals surface area contributed by atoms with E-state index in [-0.39, 0.29) is 10.7 Å². The van der Waals surface area contributed by atoms with Gasteiger partial charge in [-0.2, -0.15) is 5.10 Å². The molecule has 3 N–H and O–H groups in total. The fourth-order valence-corrected chi connectivity index (χ4v) is 3.20. The first-order valence-corrected chi connectivity index (χ1v) is 8.34. The predicted octanol–water partition coefficient (Wildman–Crippen LogP) is 1.34. The third-order valence-corrected chi connectivity index (χ3v) is 4.75. The molecule has 0 aromatic carbocycles. The Bertz CT molecular complexity index is 520. The minimum absolute atomic E-state index is 0.0724. The number of sulfonamides is 1. The molecule has 0 aliphatic heterocycles. The second kappa shape index (κ2) is 5.92. The van der Waals surface area contributed by atoms with Gasteiger partial charge in [-0.3, -0.25) is 4.68 Å². The van der Waals surface area contributed by atoms with Gasteiger partial charge in [-0.15, -0.1) is 0 Å². The molecule has 0 saturated heterocycles. The highest BCUT2D eigenvalue weighted by Gasteiger charge is 2.22. The summed E-state index contributed by atoms with van der Waals surface area (Å²) < 4.78 is 28.3. The second-order valence-electron chi connectivity index (χ2n) is 5.13. The lowest BCUT2D eigenvalue weighted by Gasteiger charge is -2.04. The van der Waals surface area contributed by atoms with Gasteiger partial charge in [0.05, 0.1) is 0 Å². The smallest absolute Gasteiger partial charge is 0.245 e. The molecule has 1 fully saturated rings. The Balaban J connectivity index is 1.93. The van der Waals surface area contributed by atoms with Crippen LogP contribution >= 0.6 is 0 Å².